The van der Waals surface area contributed by atoms with Crippen LogP contribution in [0.3, 0.4) is 0 Å². The van der Waals surface area contributed by atoms with Crippen LogP contribution in [0.25, 0.3) is 10.8 Å². The third-order valence-corrected chi connectivity index (χ3v) is 3.67. The molecule has 5 heteroatoms. The Hall–Kier alpha value is -1.85. The predicted octanol–water partition coefficient (Wildman–Crippen LogP) is 3.24. The first-order valence-corrected chi connectivity index (χ1v) is 7.47. The predicted molar refractivity (Wildman–Crippen MR) is 85.4 cm³/mol. The molecule has 2 aromatic carbocycles. The lowest BCUT2D eigenvalue weighted by atomic mass is 10.1. The van der Waals surface area contributed by atoms with Gasteiger partial charge in [0.1, 0.15) is 18.5 Å². The third kappa shape index (κ3) is 3.62. The summed E-state index contributed by atoms with van der Waals surface area (Å²) >= 11 is 3.46. The van der Waals surface area contributed by atoms with Crippen LogP contribution < -0.4 is 4.74 Å². The largest absolute Gasteiger partial charge is 0.491 e. The van der Waals surface area contributed by atoms with E-state index in [2.05, 4.69) is 27.1 Å². The van der Waals surface area contributed by atoms with Gasteiger partial charge in [0.05, 0.1) is 6.54 Å². The number of ether oxygens (including phenoxy) is 1. The zero-order chi connectivity index (χ0) is 14.7. The van der Waals surface area contributed by atoms with Crippen molar-refractivity contribution in [1.82, 2.24) is 9.78 Å². The summed E-state index contributed by atoms with van der Waals surface area (Å²) in [4.78, 5) is 0. The minimum atomic E-state index is -0.592. The Balaban J connectivity index is 1.63. The molecule has 1 aromatic heterocycles. The zero-order valence-electron chi connectivity index (χ0n) is 11.3. The average molecular weight is 347 g/mol. The molecule has 0 amide bonds. The molecule has 0 spiro atoms. The SMILES string of the molecule is O[C@H](COc1ccc2cc(Br)ccc2c1)Cn1cccn1. The summed E-state index contributed by atoms with van der Waals surface area (Å²) in [5.74, 6) is 0.754. The van der Waals surface area contributed by atoms with Crippen molar-refractivity contribution in [1.29, 1.82) is 0 Å². The minimum absolute atomic E-state index is 0.238. The lowest BCUT2D eigenvalue weighted by Gasteiger charge is -2.13. The van der Waals surface area contributed by atoms with Crippen LogP contribution in [0, 0.1) is 0 Å². The van der Waals surface area contributed by atoms with Gasteiger partial charge < -0.3 is 9.84 Å². The molecule has 0 fully saturated rings. The van der Waals surface area contributed by atoms with Gasteiger partial charge in [0.2, 0.25) is 0 Å². The van der Waals surface area contributed by atoms with Crippen molar-refractivity contribution >= 4 is 26.7 Å². The molecule has 0 radical (unpaired) electrons. The van der Waals surface area contributed by atoms with Gasteiger partial charge in [0, 0.05) is 16.9 Å². The van der Waals surface area contributed by atoms with E-state index in [-0.39, 0.29) is 6.61 Å². The Morgan fingerprint density at radius 1 is 1.19 bits per heavy atom. The second-order valence-corrected chi connectivity index (χ2v) is 5.76. The highest BCUT2D eigenvalue weighted by Gasteiger charge is 2.07. The van der Waals surface area contributed by atoms with Crippen molar-refractivity contribution in [3.8, 4) is 5.75 Å². The summed E-state index contributed by atoms with van der Waals surface area (Å²) in [6.07, 6.45) is 2.91. The van der Waals surface area contributed by atoms with Crippen LogP contribution in [0.2, 0.25) is 0 Å². The van der Waals surface area contributed by atoms with Crippen LogP contribution in [-0.4, -0.2) is 27.6 Å². The van der Waals surface area contributed by atoms with E-state index in [1.54, 1.807) is 10.9 Å². The number of benzene rings is 2. The van der Waals surface area contributed by atoms with Crippen molar-refractivity contribution in [2.45, 2.75) is 12.6 Å². The fourth-order valence-electron chi connectivity index (χ4n) is 2.15. The van der Waals surface area contributed by atoms with Crippen LogP contribution >= 0.6 is 15.9 Å². The lowest BCUT2D eigenvalue weighted by molar-refractivity contribution is 0.0894. The molecule has 1 atom stereocenters. The molecule has 0 bridgehead atoms. The summed E-state index contributed by atoms with van der Waals surface area (Å²) in [6.45, 7) is 0.662. The van der Waals surface area contributed by atoms with Gasteiger partial charge in [-0.2, -0.15) is 5.10 Å². The number of nitrogens with zero attached hydrogens (tertiary/aromatic N) is 2. The van der Waals surface area contributed by atoms with Crippen LogP contribution in [-0.2, 0) is 6.54 Å². The van der Waals surface area contributed by atoms with Gasteiger partial charge in [0.15, 0.2) is 0 Å². The molecule has 3 rings (SSSR count). The van der Waals surface area contributed by atoms with Gasteiger partial charge in [-0.25, -0.2) is 0 Å². The molecule has 4 nitrogen and oxygen atoms in total. The molecule has 108 valence electrons. The smallest absolute Gasteiger partial charge is 0.120 e. The first-order valence-electron chi connectivity index (χ1n) is 6.68. The Bertz CT molecular complexity index is 728. The van der Waals surface area contributed by atoms with E-state index in [1.165, 1.54) is 0 Å². The Labute approximate surface area is 131 Å². The average Bonchev–Trinajstić information content (AvgIpc) is 2.98. The number of fused-ring (bicyclic) bond motifs is 1. The Morgan fingerprint density at radius 3 is 2.81 bits per heavy atom. The fourth-order valence-corrected chi connectivity index (χ4v) is 2.53. The highest BCUT2D eigenvalue weighted by molar-refractivity contribution is 9.10. The molecule has 0 aliphatic rings. The maximum Gasteiger partial charge on any atom is 0.120 e. The van der Waals surface area contributed by atoms with Gasteiger partial charge in [-0.15, -0.1) is 0 Å². The molecule has 0 aliphatic carbocycles. The summed E-state index contributed by atoms with van der Waals surface area (Å²) in [5.41, 5.74) is 0. The topological polar surface area (TPSA) is 47.3 Å². The van der Waals surface area contributed by atoms with E-state index >= 15 is 0 Å². The normalized spacial score (nSPS) is 12.5. The maximum atomic E-state index is 9.94. The number of halogens is 1. The lowest BCUT2D eigenvalue weighted by Crippen LogP contribution is -2.23. The second kappa shape index (κ2) is 6.28. The van der Waals surface area contributed by atoms with Crippen LogP contribution in [0.5, 0.6) is 5.75 Å². The van der Waals surface area contributed by atoms with E-state index in [0.717, 1.165) is 21.0 Å². The van der Waals surface area contributed by atoms with Crippen LogP contribution in [0.15, 0.2) is 59.3 Å². The number of hydrogen-bond acceptors (Lipinski definition) is 3. The number of hydrogen-bond donors (Lipinski definition) is 1. The fraction of sp³-hybridized carbons (Fsp3) is 0.188. The highest BCUT2D eigenvalue weighted by Crippen LogP contribution is 2.24. The molecule has 0 unspecified atom stereocenters. The van der Waals surface area contributed by atoms with E-state index in [0.29, 0.717) is 6.54 Å². The number of aliphatic hydroxyl groups is 1. The molecule has 1 heterocycles. The number of rotatable bonds is 5. The molecule has 21 heavy (non-hydrogen) atoms. The molecule has 0 aliphatic heterocycles. The first-order chi connectivity index (χ1) is 10.2. The Morgan fingerprint density at radius 2 is 2.00 bits per heavy atom. The minimum Gasteiger partial charge on any atom is -0.491 e. The number of aliphatic hydroxyl groups excluding tert-OH is 1. The Kier molecular flexibility index (Phi) is 4.22. The molecular weight excluding hydrogens is 332 g/mol. The molecule has 0 saturated carbocycles. The van der Waals surface area contributed by atoms with Gasteiger partial charge in [-0.1, -0.05) is 28.1 Å². The molecule has 0 saturated heterocycles. The van der Waals surface area contributed by atoms with Gasteiger partial charge in [0.25, 0.3) is 0 Å². The van der Waals surface area contributed by atoms with Crippen LogP contribution in [0.1, 0.15) is 0 Å². The van der Waals surface area contributed by atoms with Gasteiger partial charge in [-0.3, -0.25) is 4.68 Å². The quantitative estimate of drug-likeness (QED) is 0.771. The first kappa shape index (κ1) is 14.1. The van der Waals surface area contributed by atoms with Gasteiger partial charge >= 0.3 is 0 Å². The van der Waals surface area contributed by atoms with Crippen molar-refractivity contribution in [3.05, 3.63) is 59.3 Å². The van der Waals surface area contributed by atoms with Crippen molar-refractivity contribution in [3.63, 3.8) is 0 Å². The van der Waals surface area contributed by atoms with E-state index in [4.69, 9.17) is 4.74 Å². The molecular formula is C16H15BrN2O2. The summed E-state index contributed by atoms with van der Waals surface area (Å²) in [6, 6.07) is 13.8. The van der Waals surface area contributed by atoms with Crippen molar-refractivity contribution < 1.29 is 9.84 Å². The molecule has 3 aromatic rings. The van der Waals surface area contributed by atoms with Gasteiger partial charge in [-0.05, 0) is 41.1 Å². The maximum absolute atomic E-state index is 9.94. The van der Waals surface area contributed by atoms with E-state index in [9.17, 15) is 5.11 Å². The third-order valence-electron chi connectivity index (χ3n) is 3.17. The standard InChI is InChI=1S/C16H15BrN2O2/c17-14-4-2-13-9-16(5-3-12(13)8-14)21-11-15(20)10-19-7-1-6-18-19/h1-9,15,20H,10-11H2/t15-/m0/s1. The molecule has 1 N–H and O–H groups in total. The monoisotopic (exact) mass is 346 g/mol. The second-order valence-electron chi connectivity index (χ2n) is 4.85. The summed E-state index contributed by atoms with van der Waals surface area (Å²) < 4.78 is 8.39. The van der Waals surface area contributed by atoms with Crippen LogP contribution in [0.4, 0.5) is 0 Å². The van der Waals surface area contributed by atoms with E-state index < -0.39 is 6.10 Å². The highest BCUT2D eigenvalue weighted by atomic mass is 79.9. The van der Waals surface area contributed by atoms with Crippen molar-refractivity contribution in [2.75, 3.05) is 6.61 Å². The summed E-state index contributed by atoms with van der Waals surface area (Å²) in [5, 5.41) is 16.3. The number of aromatic nitrogens is 2. The van der Waals surface area contributed by atoms with Crippen molar-refractivity contribution in [2.24, 2.45) is 0 Å². The van der Waals surface area contributed by atoms with E-state index in [1.807, 2.05) is 42.6 Å². The summed E-state index contributed by atoms with van der Waals surface area (Å²) in [7, 11) is 0. The zero-order valence-corrected chi connectivity index (χ0v) is 12.9.